The van der Waals surface area contributed by atoms with Crippen LogP contribution < -0.4 is 5.73 Å². The molecule has 21 heavy (non-hydrogen) atoms. The van der Waals surface area contributed by atoms with Crippen molar-refractivity contribution in [3.63, 3.8) is 0 Å². The number of thiocarbonyl (C=S) groups is 1. The molecule has 6 nitrogen and oxygen atoms in total. The quantitative estimate of drug-likeness (QED) is 0.486. The Morgan fingerprint density at radius 3 is 2.48 bits per heavy atom. The number of carbonyl (C=O) groups is 1. The van der Waals surface area contributed by atoms with Crippen molar-refractivity contribution in [2.75, 3.05) is 53.1 Å². The van der Waals surface area contributed by atoms with E-state index in [0.29, 0.717) is 31.3 Å². The number of ether oxygens (including phenoxy) is 2. The second-order valence-electron chi connectivity index (χ2n) is 5.17. The molecule has 1 saturated heterocycles. The van der Waals surface area contributed by atoms with Crippen molar-refractivity contribution in [2.45, 2.75) is 25.8 Å². The summed E-state index contributed by atoms with van der Waals surface area (Å²) >= 11 is 5.15. The zero-order valence-corrected chi connectivity index (χ0v) is 13.9. The first kappa shape index (κ1) is 18.3. The van der Waals surface area contributed by atoms with Crippen LogP contribution in [0, 0.1) is 0 Å². The maximum atomic E-state index is 12.0. The van der Waals surface area contributed by atoms with Gasteiger partial charge in [-0.3, -0.25) is 9.69 Å². The Kier molecular flexibility index (Phi) is 8.75. The molecule has 0 saturated carbocycles. The molecule has 1 amide bonds. The Morgan fingerprint density at radius 1 is 1.29 bits per heavy atom. The van der Waals surface area contributed by atoms with E-state index in [1.165, 1.54) is 0 Å². The molecule has 1 fully saturated rings. The van der Waals surface area contributed by atoms with Gasteiger partial charge in [0, 0.05) is 33.3 Å². The third-order valence-corrected chi connectivity index (χ3v) is 3.93. The molecular formula is C14H27N3O3S. The van der Waals surface area contributed by atoms with E-state index >= 15 is 0 Å². The van der Waals surface area contributed by atoms with E-state index in [2.05, 4.69) is 11.8 Å². The normalized spacial score (nSPS) is 17.7. The van der Waals surface area contributed by atoms with Crippen molar-refractivity contribution in [1.82, 2.24) is 9.80 Å². The lowest BCUT2D eigenvalue weighted by atomic mass is 10.1. The summed E-state index contributed by atoms with van der Waals surface area (Å²) in [7, 11) is 1.61. The topological polar surface area (TPSA) is 68.0 Å². The zero-order chi connectivity index (χ0) is 15.7. The van der Waals surface area contributed by atoms with Gasteiger partial charge in [-0.25, -0.2) is 0 Å². The molecule has 1 heterocycles. The Balaban J connectivity index is 2.33. The Hall–Kier alpha value is -0.760. The van der Waals surface area contributed by atoms with Crippen molar-refractivity contribution < 1.29 is 14.3 Å². The third-order valence-electron chi connectivity index (χ3n) is 3.66. The lowest BCUT2D eigenvalue weighted by Gasteiger charge is -2.38. The van der Waals surface area contributed by atoms with E-state index in [4.69, 9.17) is 27.4 Å². The van der Waals surface area contributed by atoms with Gasteiger partial charge < -0.3 is 20.1 Å². The first-order chi connectivity index (χ1) is 10.1. The minimum atomic E-state index is 0.0353. The molecular weight excluding hydrogens is 290 g/mol. The van der Waals surface area contributed by atoms with Gasteiger partial charge in [0.05, 0.1) is 24.2 Å². The van der Waals surface area contributed by atoms with Crippen LogP contribution in [0.5, 0.6) is 0 Å². The van der Waals surface area contributed by atoms with Gasteiger partial charge in [-0.15, -0.1) is 0 Å². The van der Waals surface area contributed by atoms with Gasteiger partial charge in [0.2, 0.25) is 5.91 Å². The summed E-state index contributed by atoms with van der Waals surface area (Å²) in [6.07, 6.45) is 2.03. The van der Waals surface area contributed by atoms with Crippen LogP contribution in [0.2, 0.25) is 0 Å². The largest absolute Gasteiger partial charge is 0.392 e. The van der Waals surface area contributed by atoms with Crippen LogP contribution in [-0.2, 0) is 14.3 Å². The molecule has 7 heteroatoms. The van der Waals surface area contributed by atoms with E-state index in [0.717, 1.165) is 25.9 Å². The van der Waals surface area contributed by atoms with E-state index in [-0.39, 0.29) is 18.6 Å². The second-order valence-corrected chi connectivity index (χ2v) is 5.64. The predicted octanol–water partition coefficient (Wildman–Crippen LogP) is 0.248. The van der Waals surface area contributed by atoms with Gasteiger partial charge in [-0.05, 0) is 6.42 Å². The number of rotatable bonds is 9. The maximum Gasteiger partial charge on any atom is 0.248 e. The summed E-state index contributed by atoms with van der Waals surface area (Å²) in [5.41, 5.74) is 5.82. The van der Waals surface area contributed by atoms with Gasteiger partial charge in [-0.2, -0.15) is 0 Å². The molecule has 122 valence electrons. The number of hydrogen-bond acceptors (Lipinski definition) is 5. The highest BCUT2D eigenvalue weighted by molar-refractivity contribution is 7.80. The molecule has 1 rings (SSSR count). The van der Waals surface area contributed by atoms with E-state index < -0.39 is 0 Å². The van der Waals surface area contributed by atoms with Crippen LogP contribution in [0.1, 0.15) is 19.8 Å². The number of methoxy groups -OCH3 is 1. The number of carbonyl (C=O) groups excluding carboxylic acids is 1. The van der Waals surface area contributed by atoms with Crippen molar-refractivity contribution >= 4 is 23.1 Å². The highest BCUT2D eigenvalue weighted by Crippen LogP contribution is 2.12. The highest BCUT2D eigenvalue weighted by Gasteiger charge is 2.26. The molecule has 0 aromatic rings. The van der Waals surface area contributed by atoms with Gasteiger partial charge in [-0.1, -0.05) is 25.6 Å². The molecule has 0 aromatic carbocycles. The monoisotopic (exact) mass is 317 g/mol. The third kappa shape index (κ3) is 6.25. The Labute approximate surface area is 132 Å². The second kappa shape index (κ2) is 10.0. The van der Waals surface area contributed by atoms with Crippen molar-refractivity contribution in [3.8, 4) is 0 Å². The van der Waals surface area contributed by atoms with Crippen LogP contribution in [0.3, 0.4) is 0 Å². The fraction of sp³-hybridized carbons (Fsp3) is 0.857. The van der Waals surface area contributed by atoms with E-state index in [9.17, 15) is 4.79 Å². The van der Waals surface area contributed by atoms with Crippen LogP contribution in [-0.4, -0.2) is 79.8 Å². The highest BCUT2D eigenvalue weighted by atomic mass is 32.1. The molecule has 0 aromatic heterocycles. The molecule has 1 unspecified atom stereocenters. The van der Waals surface area contributed by atoms with E-state index in [1.807, 2.05) is 4.90 Å². The SMILES string of the molecule is CCCC(C(N)=S)N1CCN(C(=O)COCCOC)CC1. The lowest BCUT2D eigenvalue weighted by molar-refractivity contribution is -0.138. The average Bonchev–Trinajstić information content (AvgIpc) is 2.49. The molecule has 0 radical (unpaired) electrons. The fourth-order valence-electron chi connectivity index (χ4n) is 2.45. The van der Waals surface area contributed by atoms with Gasteiger partial charge in [0.1, 0.15) is 6.61 Å². The van der Waals surface area contributed by atoms with Crippen LogP contribution in [0.25, 0.3) is 0 Å². The minimum absolute atomic E-state index is 0.0353. The summed E-state index contributed by atoms with van der Waals surface area (Å²) < 4.78 is 10.1. The zero-order valence-electron chi connectivity index (χ0n) is 13.0. The average molecular weight is 317 g/mol. The predicted molar refractivity (Wildman–Crippen MR) is 86.3 cm³/mol. The van der Waals surface area contributed by atoms with Crippen molar-refractivity contribution in [1.29, 1.82) is 0 Å². The number of nitrogens with zero attached hydrogens (tertiary/aromatic N) is 2. The van der Waals surface area contributed by atoms with Crippen LogP contribution in [0.15, 0.2) is 0 Å². The summed E-state index contributed by atoms with van der Waals surface area (Å²) in [5, 5.41) is 0. The van der Waals surface area contributed by atoms with Crippen molar-refractivity contribution in [2.24, 2.45) is 5.73 Å². The first-order valence-corrected chi connectivity index (χ1v) is 7.88. The maximum absolute atomic E-state index is 12.0. The molecule has 0 aliphatic carbocycles. The lowest BCUT2D eigenvalue weighted by Crippen LogP contribution is -2.55. The Morgan fingerprint density at radius 2 is 1.95 bits per heavy atom. The number of amides is 1. The minimum Gasteiger partial charge on any atom is -0.392 e. The molecule has 2 N–H and O–H groups in total. The Bertz CT molecular complexity index is 333. The molecule has 1 aliphatic heterocycles. The van der Waals surface area contributed by atoms with Crippen molar-refractivity contribution in [3.05, 3.63) is 0 Å². The van der Waals surface area contributed by atoms with Gasteiger partial charge in [0.25, 0.3) is 0 Å². The summed E-state index contributed by atoms with van der Waals surface area (Å²) in [6.45, 7) is 6.23. The number of piperazine rings is 1. The smallest absolute Gasteiger partial charge is 0.248 e. The molecule has 0 bridgehead atoms. The van der Waals surface area contributed by atoms with Gasteiger partial charge in [0.15, 0.2) is 0 Å². The summed E-state index contributed by atoms with van der Waals surface area (Å²) in [6, 6.07) is 0.153. The molecule has 1 aliphatic rings. The first-order valence-electron chi connectivity index (χ1n) is 7.48. The van der Waals surface area contributed by atoms with E-state index in [1.54, 1.807) is 7.11 Å². The number of nitrogens with two attached hydrogens (primary N) is 1. The van der Waals surface area contributed by atoms with Crippen LogP contribution >= 0.6 is 12.2 Å². The van der Waals surface area contributed by atoms with Gasteiger partial charge >= 0.3 is 0 Å². The fourth-order valence-corrected chi connectivity index (χ4v) is 2.72. The number of hydrogen-bond donors (Lipinski definition) is 1. The summed E-state index contributed by atoms with van der Waals surface area (Å²) in [4.78, 5) is 16.7. The molecule has 0 spiro atoms. The summed E-state index contributed by atoms with van der Waals surface area (Å²) in [5.74, 6) is 0.0353. The molecule has 1 atom stereocenters. The standard InChI is InChI=1S/C14H27N3O3S/c1-3-4-12(14(15)21)16-5-7-17(8-6-16)13(18)11-20-10-9-19-2/h12H,3-11H2,1-2H3,(H2,15,21). The van der Waals surface area contributed by atoms with Crippen LogP contribution in [0.4, 0.5) is 0 Å².